The molecule has 0 aliphatic rings. The van der Waals surface area contributed by atoms with Gasteiger partial charge in [-0.1, -0.05) is 61.5 Å². The van der Waals surface area contributed by atoms with Gasteiger partial charge in [0.05, 0.1) is 0 Å². The lowest BCUT2D eigenvalue weighted by molar-refractivity contribution is 0.393. The maximum Gasteiger partial charge on any atom is -0.00127 e. The second-order valence-electron chi connectivity index (χ2n) is 6.58. The average molecular weight is 310 g/mol. The average Bonchev–Trinajstić information content (AvgIpc) is 2.58. The Balaban J connectivity index is 1.76. The third kappa shape index (κ3) is 6.17. The number of benzene rings is 2. The highest BCUT2D eigenvalue weighted by molar-refractivity contribution is 5.63. The minimum Gasteiger partial charge on any atom is -0.317 e. The van der Waals surface area contributed by atoms with Crippen LogP contribution in [0.2, 0.25) is 0 Å². The van der Waals surface area contributed by atoms with E-state index in [1.807, 2.05) is 0 Å². The first-order valence-corrected chi connectivity index (χ1v) is 8.67. The zero-order valence-corrected chi connectivity index (χ0v) is 14.8. The minimum absolute atomic E-state index is 0.598. The number of hydrogen-bond acceptors (Lipinski definition) is 2. The minimum atomic E-state index is 0.598. The van der Waals surface area contributed by atoms with E-state index < -0.39 is 0 Å². The molecule has 0 aromatic heterocycles. The van der Waals surface area contributed by atoms with Crippen molar-refractivity contribution in [2.24, 2.45) is 0 Å². The fraction of sp³-hybridized carbons (Fsp3) is 0.429. The van der Waals surface area contributed by atoms with Crippen molar-refractivity contribution in [3.8, 4) is 11.1 Å². The standard InChI is InChI=1S/C21H30N2/c1-18(14-16-22-15-7-17-23(2)3)19-10-12-21(13-11-19)20-8-5-4-6-9-20/h4-6,8-13,18,22H,7,14-17H2,1-3H3. The summed E-state index contributed by atoms with van der Waals surface area (Å²) in [6.45, 7) is 5.68. The predicted octanol–water partition coefficient (Wildman–Crippen LogP) is 4.39. The highest BCUT2D eigenvalue weighted by Gasteiger charge is 2.05. The lowest BCUT2D eigenvalue weighted by atomic mass is 9.95. The summed E-state index contributed by atoms with van der Waals surface area (Å²) in [5.41, 5.74) is 4.01. The van der Waals surface area contributed by atoms with E-state index in [2.05, 4.69) is 85.8 Å². The molecule has 2 rings (SSSR count). The Hall–Kier alpha value is -1.64. The highest BCUT2D eigenvalue weighted by atomic mass is 15.0. The molecule has 0 spiro atoms. The molecular weight excluding hydrogens is 280 g/mol. The lowest BCUT2D eigenvalue weighted by Crippen LogP contribution is -2.22. The van der Waals surface area contributed by atoms with Gasteiger partial charge in [0.1, 0.15) is 0 Å². The Morgan fingerprint density at radius 2 is 1.52 bits per heavy atom. The van der Waals surface area contributed by atoms with E-state index in [0.717, 1.165) is 19.6 Å². The first-order chi connectivity index (χ1) is 11.2. The van der Waals surface area contributed by atoms with Gasteiger partial charge in [0, 0.05) is 0 Å². The van der Waals surface area contributed by atoms with Crippen molar-refractivity contribution in [1.29, 1.82) is 0 Å². The summed E-state index contributed by atoms with van der Waals surface area (Å²) in [6, 6.07) is 19.6. The number of nitrogens with one attached hydrogen (secondary N) is 1. The van der Waals surface area contributed by atoms with E-state index in [0.29, 0.717) is 5.92 Å². The monoisotopic (exact) mass is 310 g/mol. The molecule has 1 unspecified atom stereocenters. The second-order valence-corrected chi connectivity index (χ2v) is 6.58. The maximum absolute atomic E-state index is 3.55. The van der Waals surface area contributed by atoms with Crippen LogP contribution >= 0.6 is 0 Å². The van der Waals surface area contributed by atoms with Gasteiger partial charge in [0.15, 0.2) is 0 Å². The zero-order valence-electron chi connectivity index (χ0n) is 14.8. The molecule has 0 saturated carbocycles. The molecule has 1 N–H and O–H groups in total. The summed E-state index contributed by atoms with van der Waals surface area (Å²) < 4.78 is 0. The SMILES string of the molecule is CC(CCNCCCN(C)C)c1ccc(-c2ccccc2)cc1. The van der Waals surface area contributed by atoms with E-state index in [-0.39, 0.29) is 0 Å². The largest absolute Gasteiger partial charge is 0.317 e. The summed E-state index contributed by atoms with van der Waals surface area (Å²) in [5.74, 6) is 0.598. The summed E-state index contributed by atoms with van der Waals surface area (Å²) >= 11 is 0. The maximum atomic E-state index is 3.55. The number of nitrogens with zero attached hydrogens (tertiary/aromatic N) is 1. The molecule has 0 aliphatic heterocycles. The van der Waals surface area contributed by atoms with Crippen LogP contribution in [0.1, 0.15) is 31.2 Å². The third-order valence-corrected chi connectivity index (χ3v) is 4.30. The van der Waals surface area contributed by atoms with E-state index in [1.165, 1.54) is 29.5 Å². The van der Waals surface area contributed by atoms with Gasteiger partial charge in [-0.15, -0.1) is 0 Å². The van der Waals surface area contributed by atoms with E-state index in [1.54, 1.807) is 0 Å². The van der Waals surface area contributed by atoms with Gasteiger partial charge in [-0.05, 0) is 69.2 Å². The van der Waals surface area contributed by atoms with Crippen molar-refractivity contribution >= 4 is 0 Å². The van der Waals surface area contributed by atoms with Crippen LogP contribution in [0, 0.1) is 0 Å². The normalized spacial score (nSPS) is 12.5. The van der Waals surface area contributed by atoms with Crippen LogP contribution in [0.5, 0.6) is 0 Å². The summed E-state index contributed by atoms with van der Waals surface area (Å²) in [6.07, 6.45) is 2.40. The van der Waals surface area contributed by atoms with Gasteiger partial charge in [0.25, 0.3) is 0 Å². The molecule has 0 heterocycles. The van der Waals surface area contributed by atoms with Crippen molar-refractivity contribution < 1.29 is 0 Å². The zero-order chi connectivity index (χ0) is 16.5. The van der Waals surface area contributed by atoms with Crippen LogP contribution in [0.4, 0.5) is 0 Å². The van der Waals surface area contributed by atoms with Crippen molar-refractivity contribution in [1.82, 2.24) is 10.2 Å². The van der Waals surface area contributed by atoms with Crippen molar-refractivity contribution in [2.45, 2.75) is 25.7 Å². The Morgan fingerprint density at radius 1 is 0.870 bits per heavy atom. The van der Waals surface area contributed by atoms with Gasteiger partial charge in [-0.2, -0.15) is 0 Å². The fourth-order valence-electron chi connectivity index (χ4n) is 2.77. The summed E-state index contributed by atoms with van der Waals surface area (Å²) in [7, 11) is 4.25. The first kappa shape index (κ1) is 17.7. The molecule has 0 saturated heterocycles. The molecule has 0 aliphatic carbocycles. The molecule has 23 heavy (non-hydrogen) atoms. The summed E-state index contributed by atoms with van der Waals surface area (Å²) in [5, 5.41) is 3.55. The highest BCUT2D eigenvalue weighted by Crippen LogP contribution is 2.23. The van der Waals surface area contributed by atoms with E-state index in [4.69, 9.17) is 0 Å². The van der Waals surface area contributed by atoms with E-state index >= 15 is 0 Å². The predicted molar refractivity (Wildman–Crippen MR) is 101 cm³/mol. The number of rotatable bonds is 9. The van der Waals surface area contributed by atoms with Crippen molar-refractivity contribution in [2.75, 3.05) is 33.7 Å². The molecule has 0 radical (unpaired) electrons. The molecule has 2 heteroatoms. The van der Waals surface area contributed by atoms with Crippen molar-refractivity contribution in [3.63, 3.8) is 0 Å². The van der Waals surface area contributed by atoms with Gasteiger partial charge < -0.3 is 10.2 Å². The molecule has 124 valence electrons. The quantitative estimate of drug-likeness (QED) is 0.691. The Morgan fingerprint density at radius 3 is 2.17 bits per heavy atom. The molecule has 0 amide bonds. The Kier molecular flexibility index (Phi) is 7.31. The molecular formula is C21H30N2. The first-order valence-electron chi connectivity index (χ1n) is 8.67. The molecule has 2 aromatic rings. The fourth-order valence-corrected chi connectivity index (χ4v) is 2.77. The van der Waals surface area contributed by atoms with E-state index in [9.17, 15) is 0 Å². The Bertz CT molecular complexity index is 546. The van der Waals surface area contributed by atoms with Gasteiger partial charge >= 0.3 is 0 Å². The molecule has 0 bridgehead atoms. The van der Waals surface area contributed by atoms with Crippen molar-refractivity contribution in [3.05, 3.63) is 60.2 Å². The van der Waals surface area contributed by atoms with Gasteiger partial charge in [0.2, 0.25) is 0 Å². The second kappa shape index (κ2) is 9.49. The summed E-state index contributed by atoms with van der Waals surface area (Å²) in [4.78, 5) is 2.23. The molecule has 2 nitrogen and oxygen atoms in total. The van der Waals surface area contributed by atoms with Gasteiger partial charge in [-0.3, -0.25) is 0 Å². The van der Waals surface area contributed by atoms with Crippen LogP contribution in [0.25, 0.3) is 11.1 Å². The van der Waals surface area contributed by atoms with Crippen LogP contribution in [0.3, 0.4) is 0 Å². The van der Waals surface area contributed by atoms with Crippen LogP contribution in [-0.2, 0) is 0 Å². The smallest absolute Gasteiger partial charge is 0.00127 e. The van der Waals surface area contributed by atoms with Crippen LogP contribution in [-0.4, -0.2) is 38.6 Å². The van der Waals surface area contributed by atoms with Crippen LogP contribution in [0.15, 0.2) is 54.6 Å². The topological polar surface area (TPSA) is 15.3 Å². The van der Waals surface area contributed by atoms with Crippen LogP contribution < -0.4 is 5.32 Å². The van der Waals surface area contributed by atoms with Gasteiger partial charge in [-0.25, -0.2) is 0 Å². The number of hydrogen-bond donors (Lipinski definition) is 1. The Labute approximate surface area is 141 Å². The third-order valence-electron chi connectivity index (χ3n) is 4.30. The molecule has 0 fully saturated rings. The lowest BCUT2D eigenvalue weighted by Gasteiger charge is -2.14. The molecule has 1 atom stereocenters. The molecule has 2 aromatic carbocycles.